The Morgan fingerprint density at radius 2 is 2.00 bits per heavy atom. The van der Waals surface area contributed by atoms with Crippen LogP contribution in [0.3, 0.4) is 0 Å². The Balaban J connectivity index is 2.03. The maximum atomic E-state index is 13.5. The van der Waals surface area contributed by atoms with Gasteiger partial charge < -0.3 is 9.67 Å². The van der Waals surface area contributed by atoms with E-state index in [-0.39, 0.29) is 24.1 Å². The van der Waals surface area contributed by atoms with E-state index >= 15 is 0 Å². The molecule has 0 radical (unpaired) electrons. The topological polar surface area (TPSA) is 55.1 Å². The number of carboxylic acid groups (broad SMARTS) is 1. The Hall–Kier alpha value is -2.87. The minimum absolute atomic E-state index is 0.0353. The summed E-state index contributed by atoms with van der Waals surface area (Å²) in [6, 6.07) is 9.15. The minimum Gasteiger partial charge on any atom is -0.478 e. The van der Waals surface area contributed by atoms with E-state index in [2.05, 4.69) is 4.98 Å². The number of rotatable bonds is 9. The van der Waals surface area contributed by atoms with Gasteiger partial charge in [-0.1, -0.05) is 37.6 Å². The van der Waals surface area contributed by atoms with Gasteiger partial charge in [-0.05, 0) is 35.6 Å². The zero-order valence-electron chi connectivity index (χ0n) is 17.0. The van der Waals surface area contributed by atoms with Crippen molar-refractivity contribution in [2.45, 2.75) is 45.3 Å². The molecule has 31 heavy (non-hydrogen) atoms. The Morgan fingerprint density at radius 3 is 2.65 bits per heavy atom. The number of imidazole rings is 1. The second-order valence-corrected chi connectivity index (χ2v) is 8.21. The maximum Gasteiger partial charge on any atom is 0.416 e. The monoisotopic (exact) mass is 448 g/mol. The highest BCUT2D eigenvalue weighted by molar-refractivity contribution is 7.09. The predicted octanol–water partition coefficient (Wildman–Crippen LogP) is 6.07. The summed E-state index contributed by atoms with van der Waals surface area (Å²) in [5.41, 5.74) is 0.0689. The molecule has 4 nitrogen and oxygen atoms in total. The maximum absolute atomic E-state index is 13.5. The van der Waals surface area contributed by atoms with Crippen LogP contribution in [0.5, 0.6) is 0 Å². The molecule has 0 spiro atoms. The molecule has 0 aliphatic rings. The lowest BCUT2D eigenvalue weighted by Gasteiger charge is -2.16. The first kappa shape index (κ1) is 22.8. The third-order valence-corrected chi connectivity index (χ3v) is 5.79. The summed E-state index contributed by atoms with van der Waals surface area (Å²) in [6.07, 6.45) is 1.17. The van der Waals surface area contributed by atoms with Gasteiger partial charge in [0, 0.05) is 29.8 Å². The van der Waals surface area contributed by atoms with Crippen molar-refractivity contribution in [1.82, 2.24) is 9.55 Å². The minimum atomic E-state index is -4.47. The Bertz CT molecular complexity index is 1050. The van der Waals surface area contributed by atoms with E-state index in [1.165, 1.54) is 29.5 Å². The zero-order chi connectivity index (χ0) is 22.4. The fourth-order valence-corrected chi connectivity index (χ4v) is 4.06. The first-order chi connectivity index (χ1) is 14.8. The molecule has 1 aromatic carbocycles. The van der Waals surface area contributed by atoms with Crippen molar-refractivity contribution >= 4 is 23.4 Å². The van der Waals surface area contributed by atoms with Crippen LogP contribution in [0.25, 0.3) is 6.08 Å². The molecule has 0 amide bonds. The molecule has 3 rings (SSSR count). The molecule has 0 fully saturated rings. The van der Waals surface area contributed by atoms with Gasteiger partial charge in [0.15, 0.2) is 0 Å². The summed E-state index contributed by atoms with van der Waals surface area (Å²) in [6.45, 7) is 1.99. The van der Waals surface area contributed by atoms with Crippen molar-refractivity contribution in [2.75, 3.05) is 0 Å². The fourth-order valence-electron chi connectivity index (χ4n) is 3.33. The predicted molar refractivity (Wildman–Crippen MR) is 115 cm³/mol. The van der Waals surface area contributed by atoms with Gasteiger partial charge >= 0.3 is 12.1 Å². The summed E-state index contributed by atoms with van der Waals surface area (Å²) in [5, 5.41) is 11.5. The molecule has 8 heteroatoms. The molecule has 0 saturated carbocycles. The molecule has 1 N–H and O–H groups in total. The van der Waals surface area contributed by atoms with E-state index in [0.717, 1.165) is 23.8 Å². The number of halogens is 3. The van der Waals surface area contributed by atoms with Crippen LogP contribution < -0.4 is 0 Å². The molecule has 0 aliphatic carbocycles. The number of benzene rings is 1. The summed E-state index contributed by atoms with van der Waals surface area (Å²) < 4.78 is 42.2. The fraction of sp³-hybridized carbons (Fsp3) is 0.304. The smallest absolute Gasteiger partial charge is 0.416 e. The Morgan fingerprint density at radius 1 is 1.23 bits per heavy atom. The molecule has 0 unspecified atom stereocenters. The van der Waals surface area contributed by atoms with Gasteiger partial charge in [-0.3, -0.25) is 0 Å². The number of carbonyl (C=O) groups is 1. The summed E-state index contributed by atoms with van der Waals surface area (Å²) in [5.74, 6) is -0.419. The largest absolute Gasteiger partial charge is 0.478 e. The Labute approximate surface area is 182 Å². The molecule has 0 aliphatic heterocycles. The third-order valence-electron chi connectivity index (χ3n) is 4.92. The highest BCUT2D eigenvalue weighted by Gasteiger charge is 2.33. The third kappa shape index (κ3) is 5.85. The molecule has 2 aromatic heterocycles. The van der Waals surface area contributed by atoms with Gasteiger partial charge in [-0.15, -0.1) is 11.3 Å². The van der Waals surface area contributed by atoms with E-state index in [1.807, 2.05) is 24.4 Å². The zero-order valence-corrected chi connectivity index (χ0v) is 17.8. The average Bonchev–Trinajstić information content (AvgIpc) is 3.36. The molecular weight excluding hydrogens is 425 g/mol. The number of alkyl halides is 3. The van der Waals surface area contributed by atoms with E-state index in [9.17, 15) is 23.1 Å². The van der Waals surface area contributed by atoms with E-state index in [4.69, 9.17) is 0 Å². The number of hydrogen-bond acceptors (Lipinski definition) is 3. The van der Waals surface area contributed by atoms with Crippen LogP contribution in [-0.4, -0.2) is 20.6 Å². The number of hydrogen-bond donors (Lipinski definition) is 1. The van der Waals surface area contributed by atoms with Gasteiger partial charge in [-0.25, -0.2) is 9.78 Å². The lowest BCUT2D eigenvalue weighted by molar-refractivity contribution is -0.138. The van der Waals surface area contributed by atoms with Gasteiger partial charge in [0.1, 0.15) is 5.82 Å². The summed E-state index contributed by atoms with van der Waals surface area (Å²) >= 11 is 1.46. The number of aromatic nitrogens is 2. The van der Waals surface area contributed by atoms with Crippen molar-refractivity contribution in [1.29, 1.82) is 0 Å². The number of carboxylic acids is 1. The van der Waals surface area contributed by atoms with Crippen LogP contribution in [0, 0.1) is 0 Å². The second kappa shape index (κ2) is 9.96. The van der Waals surface area contributed by atoms with Crippen molar-refractivity contribution in [3.05, 3.63) is 81.1 Å². The molecular formula is C23H23F3N2O2S. The lowest BCUT2D eigenvalue weighted by atomic mass is 10.1. The normalized spacial score (nSPS) is 12.3. The van der Waals surface area contributed by atoms with Crippen molar-refractivity contribution in [2.24, 2.45) is 0 Å². The van der Waals surface area contributed by atoms with Crippen LogP contribution in [-0.2, 0) is 30.4 Å². The number of aliphatic carboxylic acids is 1. The molecule has 3 aromatic rings. The van der Waals surface area contributed by atoms with Crippen LogP contribution in [0.15, 0.2) is 53.5 Å². The molecule has 0 bridgehead atoms. The quantitative estimate of drug-likeness (QED) is 0.405. The van der Waals surface area contributed by atoms with Gasteiger partial charge in [-0.2, -0.15) is 13.2 Å². The van der Waals surface area contributed by atoms with Crippen LogP contribution in [0.1, 0.15) is 47.3 Å². The number of thiophene rings is 1. The lowest BCUT2D eigenvalue weighted by Crippen LogP contribution is -2.14. The highest BCUT2D eigenvalue weighted by Crippen LogP contribution is 2.32. The Kier molecular flexibility index (Phi) is 7.33. The standard InChI is InChI=1S/C23H23F3N2O2S/c1-2-3-10-21-27-14-18(12-17(22(29)30)13-19-8-6-11-31-19)28(21)15-16-7-4-5-9-20(16)23(24,25)26/h4-9,11-12,14H,2-3,10,13,15H2,1H3,(H,29,30). The van der Waals surface area contributed by atoms with Crippen LogP contribution >= 0.6 is 11.3 Å². The van der Waals surface area contributed by atoms with Crippen molar-refractivity contribution in [3.63, 3.8) is 0 Å². The van der Waals surface area contributed by atoms with Crippen LogP contribution in [0.4, 0.5) is 13.2 Å². The first-order valence-electron chi connectivity index (χ1n) is 9.95. The number of aryl methyl sites for hydroxylation is 1. The number of unbranched alkanes of at least 4 members (excludes halogenated alkanes) is 1. The molecule has 0 saturated heterocycles. The SMILES string of the molecule is CCCCc1ncc(C=C(Cc2cccs2)C(=O)O)n1Cc1ccccc1C(F)(F)F. The van der Waals surface area contributed by atoms with Gasteiger partial charge in [0.05, 0.1) is 17.5 Å². The van der Waals surface area contributed by atoms with E-state index < -0.39 is 17.7 Å². The van der Waals surface area contributed by atoms with Crippen molar-refractivity contribution in [3.8, 4) is 0 Å². The average molecular weight is 449 g/mol. The highest BCUT2D eigenvalue weighted by atomic mass is 32.1. The van der Waals surface area contributed by atoms with Crippen molar-refractivity contribution < 1.29 is 23.1 Å². The van der Waals surface area contributed by atoms with Gasteiger partial charge in [0.25, 0.3) is 0 Å². The first-order valence-corrected chi connectivity index (χ1v) is 10.8. The summed E-state index contributed by atoms with van der Waals surface area (Å²) in [7, 11) is 0. The summed E-state index contributed by atoms with van der Waals surface area (Å²) in [4.78, 5) is 17.1. The second-order valence-electron chi connectivity index (χ2n) is 7.17. The number of nitrogens with zero attached hydrogens (tertiary/aromatic N) is 2. The van der Waals surface area contributed by atoms with E-state index in [0.29, 0.717) is 17.9 Å². The van der Waals surface area contributed by atoms with Crippen LogP contribution in [0.2, 0.25) is 0 Å². The molecule has 0 atom stereocenters. The molecule has 2 heterocycles. The van der Waals surface area contributed by atoms with Gasteiger partial charge in [0.2, 0.25) is 0 Å². The van der Waals surface area contributed by atoms with E-state index in [1.54, 1.807) is 16.8 Å². The molecule has 164 valence electrons.